The van der Waals surface area contributed by atoms with Crippen molar-refractivity contribution in [3.63, 3.8) is 0 Å². The van der Waals surface area contributed by atoms with E-state index < -0.39 is 0 Å². The lowest BCUT2D eigenvalue weighted by atomic mass is 10.2. The summed E-state index contributed by atoms with van der Waals surface area (Å²) < 4.78 is 0. The highest BCUT2D eigenvalue weighted by atomic mass is 32.1. The summed E-state index contributed by atoms with van der Waals surface area (Å²) in [7, 11) is 0. The molecule has 1 aromatic rings. The van der Waals surface area contributed by atoms with E-state index in [0.29, 0.717) is 5.41 Å². The molecule has 72 valence electrons. The van der Waals surface area contributed by atoms with Crippen molar-refractivity contribution in [2.24, 2.45) is 5.73 Å². The highest BCUT2D eigenvalue weighted by Crippen LogP contribution is 2.49. The van der Waals surface area contributed by atoms with Crippen LogP contribution in [0.4, 0.5) is 0 Å². The van der Waals surface area contributed by atoms with E-state index in [0.717, 1.165) is 5.69 Å². The predicted molar refractivity (Wildman–Crippen MR) is 56.0 cm³/mol. The maximum atomic E-state index is 5.86. The van der Waals surface area contributed by atoms with Crippen LogP contribution >= 0.6 is 11.3 Å². The molecule has 2 N–H and O–H groups in total. The molecule has 1 aromatic heterocycles. The van der Waals surface area contributed by atoms with Crippen molar-refractivity contribution >= 4 is 11.3 Å². The number of hydrogen-bond donors (Lipinski definition) is 1. The Morgan fingerprint density at radius 3 is 2.54 bits per heavy atom. The zero-order valence-corrected chi connectivity index (χ0v) is 9.24. The Morgan fingerprint density at radius 1 is 1.54 bits per heavy atom. The second-order valence-corrected chi connectivity index (χ2v) is 5.35. The van der Waals surface area contributed by atoms with Crippen LogP contribution in [0.1, 0.15) is 48.3 Å². The molecule has 1 unspecified atom stereocenters. The van der Waals surface area contributed by atoms with Gasteiger partial charge in [0, 0.05) is 16.3 Å². The van der Waals surface area contributed by atoms with Gasteiger partial charge in [0.1, 0.15) is 0 Å². The van der Waals surface area contributed by atoms with Crippen LogP contribution in [0, 0.1) is 6.92 Å². The molecule has 0 bridgehead atoms. The van der Waals surface area contributed by atoms with Gasteiger partial charge in [-0.25, -0.2) is 4.98 Å². The molecule has 1 atom stereocenters. The number of nitrogens with zero attached hydrogens (tertiary/aromatic N) is 1. The molecule has 0 spiro atoms. The van der Waals surface area contributed by atoms with E-state index in [1.54, 1.807) is 11.3 Å². The summed E-state index contributed by atoms with van der Waals surface area (Å²) >= 11 is 1.80. The molecule has 0 radical (unpaired) electrons. The van der Waals surface area contributed by atoms with E-state index in [-0.39, 0.29) is 6.04 Å². The van der Waals surface area contributed by atoms with Crippen molar-refractivity contribution in [3.05, 3.63) is 15.6 Å². The summed E-state index contributed by atoms with van der Waals surface area (Å²) in [5.74, 6) is 0. The molecule has 1 fully saturated rings. The first-order chi connectivity index (χ1) is 6.03. The lowest BCUT2D eigenvalue weighted by Crippen LogP contribution is -2.03. The SMILES string of the molecule is Cc1nc(C2(C)CC2)sc1C(C)N. The largest absolute Gasteiger partial charge is 0.323 e. The zero-order valence-electron chi connectivity index (χ0n) is 8.42. The van der Waals surface area contributed by atoms with Crippen LogP contribution in [0.5, 0.6) is 0 Å². The van der Waals surface area contributed by atoms with Crippen molar-refractivity contribution in [2.45, 2.75) is 45.1 Å². The minimum absolute atomic E-state index is 0.133. The summed E-state index contributed by atoms with van der Waals surface area (Å²) in [4.78, 5) is 5.86. The first kappa shape index (κ1) is 9.16. The van der Waals surface area contributed by atoms with Gasteiger partial charge >= 0.3 is 0 Å². The minimum Gasteiger partial charge on any atom is -0.323 e. The van der Waals surface area contributed by atoms with Crippen LogP contribution < -0.4 is 5.73 Å². The van der Waals surface area contributed by atoms with E-state index in [4.69, 9.17) is 5.73 Å². The molecule has 1 aliphatic carbocycles. The summed E-state index contributed by atoms with van der Waals surface area (Å²) in [6.07, 6.45) is 2.58. The smallest absolute Gasteiger partial charge is 0.0990 e. The third kappa shape index (κ3) is 1.51. The van der Waals surface area contributed by atoms with Crippen molar-refractivity contribution in [2.75, 3.05) is 0 Å². The molecule has 0 amide bonds. The average molecular weight is 196 g/mol. The molecule has 0 saturated heterocycles. The predicted octanol–water partition coefficient (Wildman–Crippen LogP) is 2.52. The fourth-order valence-electron chi connectivity index (χ4n) is 1.49. The third-order valence-corrected chi connectivity index (χ3v) is 4.43. The van der Waals surface area contributed by atoms with Gasteiger partial charge in [-0.3, -0.25) is 0 Å². The van der Waals surface area contributed by atoms with E-state index in [1.165, 1.54) is 22.7 Å². The van der Waals surface area contributed by atoms with E-state index in [1.807, 2.05) is 6.92 Å². The Bertz CT molecular complexity index is 324. The van der Waals surface area contributed by atoms with Crippen LogP contribution in [-0.2, 0) is 5.41 Å². The molecule has 1 heterocycles. The molecule has 2 rings (SSSR count). The Balaban J connectivity index is 2.35. The number of rotatable bonds is 2. The Labute approximate surface area is 83.2 Å². The highest BCUT2D eigenvalue weighted by Gasteiger charge is 2.42. The minimum atomic E-state index is 0.133. The normalized spacial score (nSPS) is 21.5. The van der Waals surface area contributed by atoms with E-state index in [2.05, 4.69) is 18.8 Å². The van der Waals surface area contributed by atoms with Crippen LogP contribution in [0.15, 0.2) is 0 Å². The van der Waals surface area contributed by atoms with Gasteiger partial charge in [-0.05, 0) is 26.7 Å². The van der Waals surface area contributed by atoms with Crippen molar-refractivity contribution < 1.29 is 0 Å². The number of aromatic nitrogens is 1. The zero-order chi connectivity index (χ0) is 9.64. The monoisotopic (exact) mass is 196 g/mol. The Hall–Kier alpha value is -0.410. The van der Waals surface area contributed by atoms with Gasteiger partial charge in [0.05, 0.1) is 10.7 Å². The van der Waals surface area contributed by atoms with Crippen molar-refractivity contribution in [1.29, 1.82) is 0 Å². The van der Waals surface area contributed by atoms with Gasteiger partial charge in [0.2, 0.25) is 0 Å². The Kier molecular flexibility index (Phi) is 1.96. The molecule has 1 aliphatic rings. The fourth-order valence-corrected chi connectivity index (χ4v) is 2.71. The second kappa shape index (κ2) is 2.79. The molecule has 3 heteroatoms. The van der Waals surface area contributed by atoms with Crippen LogP contribution in [0.3, 0.4) is 0 Å². The van der Waals surface area contributed by atoms with Crippen molar-refractivity contribution in [3.8, 4) is 0 Å². The standard InChI is InChI=1S/C10H16N2S/c1-6(11)8-7(2)12-9(13-8)10(3)4-5-10/h6H,4-5,11H2,1-3H3. The van der Waals surface area contributed by atoms with Crippen LogP contribution in [0.2, 0.25) is 0 Å². The van der Waals surface area contributed by atoms with Crippen molar-refractivity contribution in [1.82, 2.24) is 4.98 Å². The van der Waals surface area contributed by atoms with Crippen LogP contribution in [-0.4, -0.2) is 4.98 Å². The number of thiazole rings is 1. The molecule has 0 aromatic carbocycles. The first-order valence-corrected chi connectivity index (χ1v) is 5.58. The fraction of sp³-hybridized carbons (Fsp3) is 0.700. The number of aryl methyl sites for hydroxylation is 1. The molecule has 13 heavy (non-hydrogen) atoms. The number of nitrogens with two attached hydrogens (primary N) is 1. The quantitative estimate of drug-likeness (QED) is 0.789. The molecule has 1 saturated carbocycles. The second-order valence-electron chi connectivity index (χ2n) is 4.32. The summed E-state index contributed by atoms with van der Waals surface area (Å²) in [6.45, 7) is 6.38. The van der Waals surface area contributed by atoms with E-state index in [9.17, 15) is 0 Å². The molecular weight excluding hydrogens is 180 g/mol. The van der Waals surface area contributed by atoms with Gasteiger partial charge in [-0.2, -0.15) is 0 Å². The summed E-state index contributed by atoms with van der Waals surface area (Å²) in [5.41, 5.74) is 7.38. The van der Waals surface area contributed by atoms with Gasteiger partial charge in [-0.1, -0.05) is 6.92 Å². The molecular formula is C10H16N2S. The van der Waals surface area contributed by atoms with E-state index >= 15 is 0 Å². The third-order valence-electron chi connectivity index (χ3n) is 2.76. The van der Waals surface area contributed by atoms with Gasteiger partial charge in [0.25, 0.3) is 0 Å². The number of hydrogen-bond acceptors (Lipinski definition) is 3. The average Bonchev–Trinajstić information content (AvgIpc) is 2.63. The highest BCUT2D eigenvalue weighted by molar-refractivity contribution is 7.12. The maximum Gasteiger partial charge on any atom is 0.0990 e. The first-order valence-electron chi connectivity index (χ1n) is 4.76. The van der Waals surface area contributed by atoms with Gasteiger partial charge in [0.15, 0.2) is 0 Å². The van der Waals surface area contributed by atoms with Crippen LogP contribution in [0.25, 0.3) is 0 Å². The molecule has 0 aliphatic heterocycles. The summed E-state index contributed by atoms with van der Waals surface area (Å²) in [5, 5.41) is 1.29. The van der Waals surface area contributed by atoms with Gasteiger partial charge in [-0.15, -0.1) is 11.3 Å². The topological polar surface area (TPSA) is 38.9 Å². The van der Waals surface area contributed by atoms with Gasteiger partial charge < -0.3 is 5.73 Å². The Morgan fingerprint density at radius 2 is 2.15 bits per heavy atom. The summed E-state index contributed by atoms with van der Waals surface area (Å²) in [6, 6.07) is 0.133. The lowest BCUT2D eigenvalue weighted by Gasteiger charge is -2.01. The maximum absolute atomic E-state index is 5.86. The molecule has 2 nitrogen and oxygen atoms in total. The lowest BCUT2D eigenvalue weighted by molar-refractivity contribution is 0.770.